The molecule has 0 amide bonds. The number of aromatic nitrogens is 2. The number of nitrogens with zero attached hydrogens (tertiary/aromatic N) is 2. The first kappa shape index (κ1) is 13.9. The smallest absolute Gasteiger partial charge is 0.335 e. The highest BCUT2D eigenvalue weighted by atomic mass is 32.2. The van der Waals surface area contributed by atoms with Gasteiger partial charge in [-0.3, -0.25) is 4.72 Å². The van der Waals surface area contributed by atoms with Gasteiger partial charge in [0.05, 0.1) is 11.3 Å². The molecule has 104 valence electrons. The molecule has 8 heteroatoms. The van der Waals surface area contributed by atoms with Gasteiger partial charge in [0.2, 0.25) is 10.0 Å². The Balaban J connectivity index is 2.16. The molecule has 0 aliphatic carbocycles. The molecule has 1 aromatic heterocycles. The molecule has 0 fully saturated rings. The topological polar surface area (TPSA) is 109 Å². The van der Waals surface area contributed by atoms with Gasteiger partial charge in [0.15, 0.2) is 5.82 Å². The third-order valence-electron chi connectivity index (χ3n) is 2.36. The lowest BCUT2D eigenvalue weighted by Gasteiger charge is -2.07. The van der Waals surface area contributed by atoms with E-state index < -0.39 is 16.0 Å². The van der Waals surface area contributed by atoms with E-state index in [0.29, 0.717) is 5.56 Å². The number of sulfonamides is 1. The van der Waals surface area contributed by atoms with E-state index in [-0.39, 0.29) is 17.1 Å². The van der Waals surface area contributed by atoms with Crippen LogP contribution < -0.4 is 4.72 Å². The molecule has 1 heterocycles. The summed E-state index contributed by atoms with van der Waals surface area (Å²) in [5.41, 5.74) is 0.415. The van der Waals surface area contributed by atoms with Crippen LogP contribution in [0.3, 0.4) is 0 Å². The van der Waals surface area contributed by atoms with Crippen LogP contribution in [0.25, 0.3) is 0 Å². The summed E-state index contributed by atoms with van der Waals surface area (Å²) in [6, 6.07) is 8.78. The fourth-order valence-corrected chi connectivity index (χ4v) is 2.68. The Hall–Kier alpha value is -2.48. The maximum absolute atomic E-state index is 11.9. The average molecular weight is 293 g/mol. The van der Waals surface area contributed by atoms with Crippen LogP contribution in [0.4, 0.5) is 5.82 Å². The van der Waals surface area contributed by atoms with Crippen LogP contribution in [-0.4, -0.2) is 29.7 Å². The van der Waals surface area contributed by atoms with E-state index in [4.69, 9.17) is 5.11 Å². The third-order valence-corrected chi connectivity index (χ3v) is 3.60. The second-order valence-corrected chi connectivity index (χ2v) is 5.70. The number of carboxylic acid groups (broad SMARTS) is 1. The fourth-order valence-electron chi connectivity index (χ4n) is 1.56. The van der Waals surface area contributed by atoms with Crippen molar-refractivity contribution >= 4 is 21.8 Å². The molecule has 0 spiro atoms. The van der Waals surface area contributed by atoms with E-state index in [1.165, 1.54) is 30.5 Å². The number of anilines is 1. The van der Waals surface area contributed by atoms with Crippen LogP contribution >= 0.6 is 0 Å². The van der Waals surface area contributed by atoms with E-state index in [1.807, 2.05) is 0 Å². The number of carboxylic acids is 1. The van der Waals surface area contributed by atoms with Gasteiger partial charge in [-0.25, -0.2) is 13.2 Å². The Morgan fingerprint density at radius 3 is 2.70 bits per heavy atom. The summed E-state index contributed by atoms with van der Waals surface area (Å²) in [7, 11) is -3.68. The summed E-state index contributed by atoms with van der Waals surface area (Å²) in [6.45, 7) is 0. The minimum atomic E-state index is -3.68. The van der Waals surface area contributed by atoms with Gasteiger partial charge in [0, 0.05) is 6.20 Å². The molecule has 0 bridgehead atoms. The van der Waals surface area contributed by atoms with Gasteiger partial charge in [0.1, 0.15) is 0 Å². The Kier molecular flexibility index (Phi) is 3.94. The van der Waals surface area contributed by atoms with E-state index in [0.717, 1.165) is 0 Å². The molecule has 2 aromatic rings. The van der Waals surface area contributed by atoms with Crippen molar-refractivity contribution in [1.82, 2.24) is 10.2 Å². The minimum absolute atomic E-state index is 0.0391. The van der Waals surface area contributed by atoms with E-state index in [1.54, 1.807) is 12.1 Å². The third kappa shape index (κ3) is 3.75. The van der Waals surface area contributed by atoms with Crippen LogP contribution in [0.5, 0.6) is 0 Å². The SMILES string of the molecule is O=C(O)c1cccc(CS(=O)(=O)Nc2cccnn2)c1. The van der Waals surface area contributed by atoms with E-state index in [2.05, 4.69) is 14.9 Å². The molecule has 0 saturated carbocycles. The molecule has 2 N–H and O–H groups in total. The number of hydrogen-bond donors (Lipinski definition) is 2. The summed E-state index contributed by atoms with van der Waals surface area (Å²) in [4.78, 5) is 10.8. The molecule has 2 rings (SSSR count). The highest BCUT2D eigenvalue weighted by molar-refractivity contribution is 7.91. The Morgan fingerprint density at radius 1 is 1.25 bits per heavy atom. The van der Waals surface area contributed by atoms with Gasteiger partial charge >= 0.3 is 5.97 Å². The van der Waals surface area contributed by atoms with Crippen LogP contribution in [-0.2, 0) is 15.8 Å². The highest BCUT2D eigenvalue weighted by Gasteiger charge is 2.14. The van der Waals surface area contributed by atoms with E-state index >= 15 is 0 Å². The van der Waals surface area contributed by atoms with Gasteiger partial charge in [-0.15, -0.1) is 5.10 Å². The number of aromatic carboxylic acids is 1. The lowest BCUT2D eigenvalue weighted by atomic mass is 10.1. The second kappa shape index (κ2) is 5.66. The monoisotopic (exact) mass is 293 g/mol. The molecule has 0 unspecified atom stereocenters. The van der Waals surface area contributed by atoms with Gasteiger partial charge in [-0.05, 0) is 29.8 Å². The zero-order chi connectivity index (χ0) is 14.6. The summed E-state index contributed by atoms with van der Waals surface area (Å²) in [5, 5.41) is 16.0. The van der Waals surface area contributed by atoms with E-state index in [9.17, 15) is 13.2 Å². The summed E-state index contributed by atoms with van der Waals surface area (Å²) in [5.74, 6) is -1.34. The van der Waals surface area contributed by atoms with Crippen LogP contribution in [0.2, 0.25) is 0 Å². The summed E-state index contributed by atoms with van der Waals surface area (Å²) >= 11 is 0. The molecule has 20 heavy (non-hydrogen) atoms. The van der Waals surface area contributed by atoms with Gasteiger partial charge in [-0.2, -0.15) is 5.10 Å². The maximum atomic E-state index is 11.9. The summed E-state index contributed by atoms with van der Waals surface area (Å²) < 4.78 is 26.1. The van der Waals surface area contributed by atoms with Crippen molar-refractivity contribution in [3.8, 4) is 0 Å². The van der Waals surface area contributed by atoms with Crippen molar-refractivity contribution in [3.63, 3.8) is 0 Å². The number of carbonyl (C=O) groups is 1. The first-order chi connectivity index (χ1) is 9.46. The van der Waals surface area contributed by atoms with Crippen LogP contribution in [0, 0.1) is 0 Å². The zero-order valence-corrected chi connectivity index (χ0v) is 11.0. The predicted octanol–water partition coefficient (Wildman–Crippen LogP) is 1.12. The van der Waals surface area contributed by atoms with Crippen LogP contribution in [0.15, 0.2) is 42.6 Å². The first-order valence-corrected chi connectivity index (χ1v) is 7.22. The highest BCUT2D eigenvalue weighted by Crippen LogP contribution is 2.11. The lowest BCUT2D eigenvalue weighted by molar-refractivity contribution is 0.0696. The molecule has 0 aliphatic heterocycles. The Morgan fingerprint density at radius 2 is 2.05 bits per heavy atom. The van der Waals surface area contributed by atoms with Crippen molar-refractivity contribution in [2.24, 2.45) is 0 Å². The number of rotatable bonds is 5. The quantitative estimate of drug-likeness (QED) is 0.854. The maximum Gasteiger partial charge on any atom is 0.335 e. The largest absolute Gasteiger partial charge is 0.478 e. The summed E-state index contributed by atoms with van der Waals surface area (Å²) in [6.07, 6.45) is 1.42. The normalized spacial score (nSPS) is 11.0. The molecular weight excluding hydrogens is 282 g/mol. The van der Waals surface area contributed by atoms with Crippen molar-refractivity contribution in [1.29, 1.82) is 0 Å². The van der Waals surface area contributed by atoms with Crippen molar-refractivity contribution in [2.75, 3.05) is 4.72 Å². The number of benzene rings is 1. The fraction of sp³-hybridized carbons (Fsp3) is 0.0833. The average Bonchev–Trinajstić information content (AvgIpc) is 2.39. The number of nitrogens with one attached hydrogen (secondary N) is 1. The molecule has 0 aliphatic rings. The van der Waals surface area contributed by atoms with Gasteiger partial charge in [-0.1, -0.05) is 12.1 Å². The standard InChI is InChI=1S/C12H11N3O4S/c16-12(17)10-4-1-3-9(7-10)8-20(18,19)15-11-5-2-6-13-14-11/h1-7H,8H2,(H,14,15)(H,16,17). The Labute approximate surface area is 115 Å². The molecule has 0 saturated heterocycles. The second-order valence-electron chi connectivity index (χ2n) is 3.98. The molecular formula is C12H11N3O4S. The molecule has 0 atom stereocenters. The van der Waals surface area contributed by atoms with Gasteiger partial charge in [0.25, 0.3) is 0 Å². The van der Waals surface area contributed by atoms with Crippen molar-refractivity contribution in [2.45, 2.75) is 5.75 Å². The van der Waals surface area contributed by atoms with Gasteiger partial charge < -0.3 is 5.11 Å². The minimum Gasteiger partial charge on any atom is -0.478 e. The molecule has 1 aromatic carbocycles. The predicted molar refractivity (Wildman–Crippen MR) is 71.7 cm³/mol. The van der Waals surface area contributed by atoms with Crippen molar-refractivity contribution < 1.29 is 18.3 Å². The molecule has 0 radical (unpaired) electrons. The molecule has 7 nitrogen and oxygen atoms in total. The first-order valence-electron chi connectivity index (χ1n) is 5.57. The lowest BCUT2D eigenvalue weighted by Crippen LogP contribution is -2.16. The van der Waals surface area contributed by atoms with Crippen molar-refractivity contribution in [3.05, 3.63) is 53.7 Å². The zero-order valence-electron chi connectivity index (χ0n) is 10.2. The van der Waals surface area contributed by atoms with Crippen LogP contribution in [0.1, 0.15) is 15.9 Å². The number of hydrogen-bond acceptors (Lipinski definition) is 5. The Bertz CT molecular complexity index is 716.